The number of aryl methyl sites for hydroxylation is 1. The molecule has 124 valence electrons. The zero-order chi connectivity index (χ0) is 16.8. The summed E-state index contributed by atoms with van der Waals surface area (Å²) in [6.45, 7) is 2.48. The summed E-state index contributed by atoms with van der Waals surface area (Å²) in [6, 6.07) is 5.70. The zero-order valence-corrected chi connectivity index (χ0v) is 14.2. The Kier molecular flexibility index (Phi) is 5.87. The molecule has 1 aromatic carbocycles. The number of benzene rings is 1. The van der Waals surface area contributed by atoms with Gasteiger partial charge in [0.25, 0.3) is 0 Å². The fourth-order valence-corrected chi connectivity index (χ4v) is 2.31. The van der Waals surface area contributed by atoms with Gasteiger partial charge in [-0.3, -0.25) is 9.48 Å². The van der Waals surface area contributed by atoms with Gasteiger partial charge in [0, 0.05) is 12.7 Å². The summed E-state index contributed by atoms with van der Waals surface area (Å²) < 4.78 is 12.0. The molecule has 1 heterocycles. The van der Waals surface area contributed by atoms with Crippen LogP contribution in [0.5, 0.6) is 11.5 Å². The molecule has 2 aromatic rings. The van der Waals surface area contributed by atoms with Crippen LogP contribution in [0.15, 0.2) is 24.4 Å². The van der Waals surface area contributed by atoms with Gasteiger partial charge in [-0.25, -0.2) is 0 Å². The lowest BCUT2D eigenvalue weighted by molar-refractivity contribution is -0.121. The monoisotopic (exact) mass is 337 g/mol. The number of nitrogens with zero attached hydrogens (tertiary/aromatic N) is 2. The van der Waals surface area contributed by atoms with Crippen LogP contribution in [-0.4, -0.2) is 36.5 Å². The first-order chi connectivity index (χ1) is 11.0. The van der Waals surface area contributed by atoms with Gasteiger partial charge in [0.05, 0.1) is 24.9 Å². The molecule has 1 aromatic heterocycles. The van der Waals surface area contributed by atoms with Crippen LogP contribution in [-0.2, 0) is 17.8 Å². The second-order valence-corrected chi connectivity index (χ2v) is 5.46. The van der Waals surface area contributed by atoms with Crippen molar-refractivity contribution >= 4 is 17.5 Å². The van der Waals surface area contributed by atoms with Crippen molar-refractivity contribution in [2.45, 2.75) is 19.9 Å². The quantitative estimate of drug-likeness (QED) is 0.841. The number of hydrogen-bond acceptors (Lipinski definition) is 4. The van der Waals surface area contributed by atoms with Crippen LogP contribution in [0.4, 0.5) is 0 Å². The van der Waals surface area contributed by atoms with E-state index in [1.54, 1.807) is 27.3 Å². The Labute approximate surface area is 140 Å². The number of rotatable bonds is 7. The molecule has 6 nitrogen and oxygen atoms in total. The molecule has 23 heavy (non-hydrogen) atoms. The van der Waals surface area contributed by atoms with Crippen molar-refractivity contribution in [3.8, 4) is 11.5 Å². The first kappa shape index (κ1) is 17.1. The molecule has 0 unspecified atom stereocenters. The SMILES string of the molecule is COc1ccc(CCNC(=O)Cn2cc(Cl)c(C)n2)cc1OC. The lowest BCUT2D eigenvalue weighted by Crippen LogP contribution is -2.29. The summed E-state index contributed by atoms with van der Waals surface area (Å²) in [5, 5.41) is 7.57. The molecule has 1 N–H and O–H groups in total. The Balaban J connectivity index is 1.83. The fraction of sp³-hybridized carbons (Fsp3) is 0.375. The number of amides is 1. The third kappa shape index (κ3) is 4.63. The van der Waals surface area contributed by atoms with Crippen molar-refractivity contribution in [3.63, 3.8) is 0 Å². The molecule has 0 spiro atoms. The highest BCUT2D eigenvalue weighted by molar-refractivity contribution is 6.31. The van der Waals surface area contributed by atoms with Crippen molar-refractivity contribution in [1.82, 2.24) is 15.1 Å². The molecule has 0 saturated carbocycles. The van der Waals surface area contributed by atoms with E-state index in [9.17, 15) is 4.79 Å². The van der Waals surface area contributed by atoms with Gasteiger partial charge < -0.3 is 14.8 Å². The highest BCUT2D eigenvalue weighted by Gasteiger charge is 2.08. The van der Waals surface area contributed by atoms with E-state index >= 15 is 0 Å². The number of hydrogen-bond donors (Lipinski definition) is 1. The predicted molar refractivity (Wildman–Crippen MR) is 88.2 cm³/mol. The first-order valence-corrected chi connectivity index (χ1v) is 7.58. The largest absolute Gasteiger partial charge is 0.493 e. The van der Waals surface area contributed by atoms with Crippen molar-refractivity contribution in [1.29, 1.82) is 0 Å². The molecule has 0 bridgehead atoms. The molecule has 0 fully saturated rings. The molecule has 0 radical (unpaired) electrons. The molecule has 0 atom stereocenters. The molecule has 0 saturated heterocycles. The maximum Gasteiger partial charge on any atom is 0.241 e. The van der Waals surface area contributed by atoms with Gasteiger partial charge in [-0.1, -0.05) is 17.7 Å². The molecule has 0 aliphatic rings. The van der Waals surface area contributed by atoms with Gasteiger partial charge in [-0.15, -0.1) is 0 Å². The highest BCUT2D eigenvalue weighted by atomic mass is 35.5. The van der Waals surface area contributed by atoms with Crippen molar-refractivity contribution < 1.29 is 14.3 Å². The predicted octanol–water partition coefficient (Wildman–Crippen LogP) is 2.22. The number of aromatic nitrogens is 2. The summed E-state index contributed by atoms with van der Waals surface area (Å²) in [7, 11) is 3.20. The Morgan fingerprint density at radius 2 is 2.04 bits per heavy atom. The van der Waals surface area contributed by atoms with E-state index in [1.165, 1.54) is 4.68 Å². The third-order valence-corrected chi connectivity index (χ3v) is 3.75. The van der Waals surface area contributed by atoms with Crippen LogP contribution in [0.25, 0.3) is 0 Å². The van der Waals surface area contributed by atoms with Gasteiger partial charge >= 0.3 is 0 Å². The number of methoxy groups -OCH3 is 2. The molecule has 0 aliphatic carbocycles. The van der Waals surface area contributed by atoms with E-state index < -0.39 is 0 Å². The highest BCUT2D eigenvalue weighted by Crippen LogP contribution is 2.27. The van der Waals surface area contributed by atoms with Crippen molar-refractivity contribution in [3.05, 3.63) is 40.7 Å². The summed E-state index contributed by atoms with van der Waals surface area (Å²) in [5.74, 6) is 1.26. The maximum atomic E-state index is 11.9. The molecule has 0 aliphatic heterocycles. The molecule has 1 amide bonds. The number of carbonyl (C=O) groups is 1. The van der Waals surface area contributed by atoms with E-state index in [4.69, 9.17) is 21.1 Å². The van der Waals surface area contributed by atoms with E-state index in [1.807, 2.05) is 18.2 Å². The van der Waals surface area contributed by atoms with Gasteiger partial charge in [0.1, 0.15) is 6.54 Å². The normalized spacial score (nSPS) is 10.4. The molecular weight excluding hydrogens is 318 g/mol. The minimum Gasteiger partial charge on any atom is -0.493 e. The van der Waals surface area contributed by atoms with E-state index in [2.05, 4.69) is 10.4 Å². The Morgan fingerprint density at radius 1 is 1.30 bits per heavy atom. The number of halogens is 1. The van der Waals surface area contributed by atoms with Crippen LogP contribution in [0.1, 0.15) is 11.3 Å². The van der Waals surface area contributed by atoms with Gasteiger partial charge in [-0.05, 0) is 31.0 Å². The minimum absolute atomic E-state index is 0.107. The van der Waals surface area contributed by atoms with E-state index in [-0.39, 0.29) is 12.5 Å². The van der Waals surface area contributed by atoms with Gasteiger partial charge in [0.2, 0.25) is 5.91 Å². The fourth-order valence-electron chi connectivity index (χ4n) is 2.16. The summed E-state index contributed by atoms with van der Waals surface area (Å²) in [4.78, 5) is 11.9. The molecule has 2 rings (SSSR count). The van der Waals surface area contributed by atoms with Gasteiger partial charge in [-0.2, -0.15) is 5.10 Å². The Morgan fingerprint density at radius 3 is 2.65 bits per heavy atom. The topological polar surface area (TPSA) is 65.4 Å². The first-order valence-electron chi connectivity index (χ1n) is 7.20. The van der Waals surface area contributed by atoms with Crippen LogP contribution >= 0.6 is 11.6 Å². The van der Waals surface area contributed by atoms with Crippen LogP contribution in [0, 0.1) is 6.92 Å². The minimum atomic E-state index is -0.107. The van der Waals surface area contributed by atoms with E-state index in [0.29, 0.717) is 35.2 Å². The number of nitrogens with one attached hydrogen (secondary N) is 1. The third-order valence-electron chi connectivity index (χ3n) is 3.38. The molecule has 7 heteroatoms. The van der Waals surface area contributed by atoms with Crippen LogP contribution in [0.2, 0.25) is 5.02 Å². The Hall–Kier alpha value is -2.21. The standard InChI is InChI=1S/C16H20ClN3O3/c1-11-13(17)9-20(19-11)10-16(21)18-7-6-12-4-5-14(22-2)15(8-12)23-3/h4-5,8-9H,6-7,10H2,1-3H3,(H,18,21). The van der Waals surface area contributed by atoms with Crippen molar-refractivity contribution in [2.75, 3.05) is 20.8 Å². The summed E-state index contributed by atoms with van der Waals surface area (Å²) in [6.07, 6.45) is 2.34. The lowest BCUT2D eigenvalue weighted by atomic mass is 10.1. The Bertz CT molecular complexity index is 666. The number of carbonyl (C=O) groups excluding carboxylic acids is 1. The van der Waals surface area contributed by atoms with Crippen LogP contribution in [0.3, 0.4) is 0 Å². The maximum absolute atomic E-state index is 11.9. The second-order valence-electron chi connectivity index (χ2n) is 5.05. The molecular formula is C16H20ClN3O3. The summed E-state index contributed by atoms with van der Waals surface area (Å²) >= 11 is 5.91. The summed E-state index contributed by atoms with van der Waals surface area (Å²) in [5.41, 5.74) is 1.77. The zero-order valence-electron chi connectivity index (χ0n) is 13.4. The van der Waals surface area contributed by atoms with Crippen LogP contribution < -0.4 is 14.8 Å². The number of ether oxygens (including phenoxy) is 2. The average molecular weight is 338 g/mol. The van der Waals surface area contributed by atoms with Crippen molar-refractivity contribution in [2.24, 2.45) is 0 Å². The smallest absolute Gasteiger partial charge is 0.241 e. The van der Waals surface area contributed by atoms with E-state index in [0.717, 1.165) is 5.56 Å². The van der Waals surface area contributed by atoms with Gasteiger partial charge in [0.15, 0.2) is 11.5 Å². The lowest BCUT2D eigenvalue weighted by Gasteiger charge is -2.10. The average Bonchev–Trinajstić information content (AvgIpc) is 2.84. The second kappa shape index (κ2) is 7.87.